The first-order valence-corrected chi connectivity index (χ1v) is 5.81. The van der Waals surface area contributed by atoms with E-state index in [0.717, 1.165) is 39.0 Å². The Bertz CT molecular complexity index is 371. The summed E-state index contributed by atoms with van der Waals surface area (Å²) in [6.45, 7) is 3.98. The second-order valence-corrected chi connectivity index (χ2v) is 5.26. The average molecular weight is 276 g/mol. The van der Waals surface area contributed by atoms with Gasteiger partial charge in [-0.25, -0.2) is 0 Å². The molecule has 1 nitrogen and oxygen atoms in total. The van der Waals surface area contributed by atoms with E-state index < -0.39 is 5.60 Å². The van der Waals surface area contributed by atoms with Gasteiger partial charge in [-0.2, -0.15) is 0 Å². The van der Waals surface area contributed by atoms with Gasteiger partial charge < -0.3 is 5.11 Å². The van der Waals surface area contributed by atoms with Crippen molar-refractivity contribution in [2.24, 2.45) is 0 Å². The van der Waals surface area contributed by atoms with Crippen LogP contribution < -0.4 is 0 Å². The number of hydrogen-bond donors (Lipinski definition) is 1. The first-order valence-electron chi connectivity index (χ1n) is 4.64. The summed E-state index contributed by atoms with van der Waals surface area (Å²) < 4.78 is 0.975. The van der Waals surface area contributed by atoms with Crippen LogP contribution in [0.15, 0.2) is 10.5 Å². The predicted octanol–water partition coefficient (Wildman–Crippen LogP) is 3.70. The lowest BCUT2D eigenvalue weighted by molar-refractivity contribution is 0.150. The molecule has 0 spiro atoms. The van der Waals surface area contributed by atoms with Crippen molar-refractivity contribution in [1.82, 2.24) is 0 Å². The molecule has 14 heavy (non-hydrogen) atoms. The molecular formula is C11H12BrClO. The fraction of sp³-hybridized carbons (Fsp3) is 0.455. The van der Waals surface area contributed by atoms with Crippen molar-refractivity contribution in [3.8, 4) is 0 Å². The number of hydrogen-bond acceptors (Lipinski definition) is 1. The molecule has 0 aromatic heterocycles. The fourth-order valence-electron chi connectivity index (χ4n) is 1.91. The van der Waals surface area contributed by atoms with Crippen LogP contribution in [-0.2, 0) is 5.60 Å². The third-order valence-electron chi connectivity index (χ3n) is 2.91. The number of rotatable bonds is 1. The molecule has 0 heterocycles. The van der Waals surface area contributed by atoms with E-state index in [-0.39, 0.29) is 0 Å². The zero-order chi connectivity index (χ0) is 10.5. The quantitative estimate of drug-likeness (QED) is 0.828. The van der Waals surface area contributed by atoms with E-state index >= 15 is 0 Å². The first kappa shape index (κ1) is 10.5. The van der Waals surface area contributed by atoms with Crippen molar-refractivity contribution < 1.29 is 5.11 Å². The molecule has 1 aromatic rings. The number of halogens is 2. The summed E-state index contributed by atoms with van der Waals surface area (Å²) in [5, 5.41) is 10.9. The van der Waals surface area contributed by atoms with Gasteiger partial charge in [-0.1, -0.05) is 27.5 Å². The Morgan fingerprint density at radius 3 is 2.43 bits per heavy atom. The van der Waals surface area contributed by atoms with Crippen molar-refractivity contribution in [2.75, 3.05) is 0 Å². The van der Waals surface area contributed by atoms with Gasteiger partial charge in [0.15, 0.2) is 0 Å². The third kappa shape index (κ3) is 1.50. The summed E-state index contributed by atoms with van der Waals surface area (Å²) in [7, 11) is 0. The average Bonchev–Trinajstić information content (AvgIpc) is 2.81. The zero-order valence-corrected chi connectivity index (χ0v) is 10.5. The Hall–Kier alpha value is -0.0500. The van der Waals surface area contributed by atoms with Gasteiger partial charge in [-0.15, -0.1) is 0 Å². The maximum atomic E-state index is 10.1. The van der Waals surface area contributed by atoms with E-state index in [1.54, 1.807) is 0 Å². The Balaban J connectivity index is 2.68. The van der Waals surface area contributed by atoms with Crippen LogP contribution in [-0.4, -0.2) is 5.11 Å². The molecule has 0 atom stereocenters. The van der Waals surface area contributed by atoms with Crippen LogP contribution in [0.25, 0.3) is 0 Å². The van der Waals surface area contributed by atoms with Crippen LogP contribution in [0.4, 0.5) is 0 Å². The molecule has 0 bridgehead atoms. The largest absolute Gasteiger partial charge is 0.385 e. The van der Waals surface area contributed by atoms with Crippen LogP contribution in [0.2, 0.25) is 5.02 Å². The van der Waals surface area contributed by atoms with Gasteiger partial charge in [0.1, 0.15) is 0 Å². The number of aliphatic hydroxyl groups is 1. The molecule has 2 rings (SSSR count). The molecule has 0 amide bonds. The zero-order valence-electron chi connectivity index (χ0n) is 8.19. The monoisotopic (exact) mass is 274 g/mol. The highest BCUT2D eigenvalue weighted by Gasteiger charge is 2.44. The van der Waals surface area contributed by atoms with E-state index in [4.69, 9.17) is 11.6 Å². The van der Waals surface area contributed by atoms with Crippen LogP contribution in [0.3, 0.4) is 0 Å². The van der Waals surface area contributed by atoms with Gasteiger partial charge in [0, 0.05) is 9.50 Å². The molecule has 1 aliphatic carbocycles. The lowest BCUT2D eigenvalue weighted by atomic mass is 9.96. The van der Waals surface area contributed by atoms with E-state index in [2.05, 4.69) is 15.9 Å². The highest BCUT2D eigenvalue weighted by atomic mass is 79.9. The normalized spacial score (nSPS) is 18.4. The molecule has 3 heteroatoms. The highest BCUT2D eigenvalue weighted by Crippen LogP contribution is 2.50. The third-order valence-corrected chi connectivity index (χ3v) is 4.13. The second-order valence-electron chi connectivity index (χ2n) is 4.00. The smallest absolute Gasteiger partial charge is 0.0905 e. The van der Waals surface area contributed by atoms with Gasteiger partial charge in [0.05, 0.1) is 5.60 Å². The standard InChI is InChI=1S/C11H12BrClO/c1-6-8(12)5-9(13)7(2)10(6)11(14)3-4-11/h5,14H,3-4H2,1-2H3. The van der Waals surface area contributed by atoms with Crippen LogP contribution >= 0.6 is 27.5 Å². The van der Waals surface area contributed by atoms with Gasteiger partial charge in [0.25, 0.3) is 0 Å². The van der Waals surface area contributed by atoms with Gasteiger partial charge in [-0.3, -0.25) is 0 Å². The molecule has 1 fully saturated rings. The Labute approximate surface area is 97.2 Å². The molecule has 1 saturated carbocycles. The first-order chi connectivity index (χ1) is 6.46. The summed E-state index contributed by atoms with van der Waals surface area (Å²) in [5.74, 6) is 0. The van der Waals surface area contributed by atoms with E-state index in [0.29, 0.717) is 0 Å². The van der Waals surface area contributed by atoms with Crippen molar-refractivity contribution >= 4 is 27.5 Å². The summed E-state index contributed by atoms with van der Waals surface area (Å²) >= 11 is 9.54. The fourth-order valence-corrected chi connectivity index (χ4v) is 2.68. The number of benzene rings is 1. The maximum Gasteiger partial charge on any atom is 0.0905 e. The molecule has 76 valence electrons. The SMILES string of the molecule is Cc1c(Cl)cc(Br)c(C)c1C1(O)CC1. The van der Waals surface area contributed by atoms with Crippen LogP contribution in [0.5, 0.6) is 0 Å². The topological polar surface area (TPSA) is 20.2 Å². The molecule has 1 N–H and O–H groups in total. The highest BCUT2D eigenvalue weighted by molar-refractivity contribution is 9.10. The molecular weight excluding hydrogens is 263 g/mol. The Morgan fingerprint density at radius 2 is 1.93 bits per heavy atom. The molecule has 0 aliphatic heterocycles. The van der Waals surface area contributed by atoms with Crippen molar-refractivity contribution in [3.05, 3.63) is 32.3 Å². The summed E-state index contributed by atoms with van der Waals surface area (Å²) in [6, 6.07) is 1.89. The van der Waals surface area contributed by atoms with Crippen molar-refractivity contribution in [1.29, 1.82) is 0 Å². The summed E-state index contributed by atoms with van der Waals surface area (Å²) in [5.41, 5.74) is 2.51. The summed E-state index contributed by atoms with van der Waals surface area (Å²) in [4.78, 5) is 0. The lowest BCUT2D eigenvalue weighted by Crippen LogP contribution is -2.10. The summed E-state index contributed by atoms with van der Waals surface area (Å²) in [6.07, 6.45) is 1.70. The predicted molar refractivity (Wildman–Crippen MR) is 61.8 cm³/mol. The van der Waals surface area contributed by atoms with Crippen LogP contribution in [0, 0.1) is 13.8 Å². The second kappa shape index (κ2) is 3.22. The Morgan fingerprint density at radius 1 is 1.36 bits per heavy atom. The molecule has 0 radical (unpaired) electrons. The van der Waals surface area contributed by atoms with E-state index in [9.17, 15) is 5.11 Å². The lowest BCUT2D eigenvalue weighted by Gasteiger charge is -2.17. The van der Waals surface area contributed by atoms with Gasteiger partial charge >= 0.3 is 0 Å². The molecule has 1 aromatic carbocycles. The van der Waals surface area contributed by atoms with Crippen LogP contribution in [0.1, 0.15) is 29.5 Å². The van der Waals surface area contributed by atoms with Gasteiger partial charge in [-0.05, 0) is 49.4 Å². The molecule has 0 saturated heterocycles. The van der Waals surface area contributed by atoms with E-state index in [1.807, 2.05) is 19.9 Å². The Kier molecular flexibility index (Phi) is 2.41. The molecule has 0 unspecified atom stereocenters. The maximum absolute atomic E-state index is 10.1. The molecule has 1 aliphatic rings. The van der Waals surface area contributed by atoms with Gasteiger partial charge in [0.2, 0.25) is 0 Å². The van der Waals surface area contributed by atoms with Crippen molar-refractivity contribution in [2.45, 2.75) is 32.3 Å². The minimum atomic E-state index is -0.610. The minimum absolute atomic E-state index is 0.610. The minimum Gasteiger partial charge on any atom is -0.385 e. The van der Waals surface area contributed by atoms with E-state index in [1.165, 1.54) is 0 Å². The van der Waals surface area contributed by atoms with Crippen molar-refractivity contribution in [3.63, 3.8) is 0 Å².